The smallest absolute Gasteiger partial charge is 0.319 e. The highest BCUT2D eigenvalue weighted by Crippen LogP contribution is 2.16. The van der Waals surface area contributed by atoms with Gasteiger partial charge in [0.05, 0.1) is 0 Å². The third-order valence-corrected chi connectivity index (χ3v) is 3.04. The highest BCUT2D eigenvalue weighted by Gasteiger charge is 2.05. The van der Waals surface area contributed by atoms with Crippen molar-refractivity contribution in [3.63, 3.8) is 0 Å². The number of urea groups is 1. The van der Waals surface area contributed by atoms with Crippen LogP contribution in [0.5, 0.6) is 0 Å². The largest absolute Gasteiger partial charge is 0.441 e. The Hall–Kier alpha value is -2.82. The standard InChI is InChI=1S/C16H15N3O2/c1-11-18-14-8-7-12(9-15(14)21-11)10-17-16(20)19-13-5-3-2-4-6-13/h2-9H,10H2,1H3,(H2,17,19,20). The van der Waals surface area contributed by atoms with Crippen molar-refractivity contribution in [1.82, 2.24) is 10.3 Å². The van der Waals surface area contributed by atoms with Gasteiger partial charge in [-0.3, -0.25) is 0 Å². The summed E-state index contributed by atoms with van der Waals surface area (Å²) in [6.45, 7) is 2.24. The molecule has 2 amide bonds. The lowest BCUT2D eigenvalue weighted by atomic mass is 10.2. The number of hydrogen-bond donors (Lipinski definition) is 2. The molecule has 5 nitrogen and oxygen atoms in total. The highest BCUT2D eigenvalue weighted by molar-refractivity contribution is 5.89. The van der Waals surface area contributed by atoms with E-state index in [1.807, 2.05) is 55.5 Å². The average Bonchev–Trinajstić information content (AvgIpc) is 2.85. The van der Waals surface area contributed by atoms with Crippen LogP contribution < -0.4 is 10.6 Å². The van der Waals surface area contributed by atoms with Crippen LogP contribution >= 0.6 is 0 Å². The zero-order chi connectivity index (χ0) is 14.7. The first kappa shape index (κ1) is 13.2. The monoisotopic (exact) mass is 281 g/mol. The number of fused-ring (bicyclic) bond motifs is 1. The zero-order valence-corrected chi connectivity index (χ0v) is 11.6. The number of rotatable bonds is 3. The number of nitrogens with zero attached hydrogens (tertiary/aromatic N) is 1. The number of aryl methyl sites for hydroxylation is 1. The molecule has 0 bridgehead atoms. The quantitative estimate of drug-likeness (QED) is 0.772. The number of para-hydroxylation sites is 1. The molecule has 2 aromatic carbocycles. The van der Waals surface area contributed by atoms with Gasteiger partial charge in [-0.2, -0.15) is 0 Å². The van der Waals surface area contributed by atoms with E-state index in [4.69, 9.17) is 4.42 Å². The van der Waals surface area contributed by atoms with Gasteiger partial charge < -0.3 is 15.1 Å². The van der Waals surface area contributed by atoms with Crippen LogP contribution in [0.3, 0.4) is 0 Å². The molecule has 3 aromatic rings. The summed E-state index contributed by atoms with van der Waals surface area (Å²) < 4.78 is 5.47. The first-order valence-corrected chi connectivity index (χ1v) is 6.67. The molecule has 3 rings (SSSR count). The van der Waals surface area contributed by atoms with E-state index in [1.165, 1.54) is 0 Å². The van der Waals surface area contributed by atoms with Crippen molar-refractivity contribution in [1.29, 1.82) is 0 Å². The number of carbonyl (C=O) groups excluding carboxylic acids is 1. The van der Waals surface area contributed by atoms with Crippen molar-refractivity contribution < 1.29 is 9.21 Å². The van der Waals surface area contributed by atoms with Crippen molar-refractivity contribution in [3.05, 3.63) is 60.0 Å². The van der Waals surface area contributed by atoms with E-state index in [1.54, 1.807) is 0 Å². The van der Waals surface area contributed by atoms with Gasteiger partial charge in [0.2, 0.25) is 0 Å². The van der Waals surface area contributed by atoms with Crippen LogP contribution in [0.15, 0.2) is 52.9 Å². The number of oxazole rings is 1. The van der Waals surface area contributed by atoms with Gasteiger partial charge in [0, 0.05) is 19.2 Å². The van der Waals surface area contributed by atoms with Crippen LogP contribution in [0, 0.1) is 6.92 Å². The molecule has 0 fully saturated rings. The van der Waals surface area contributed by atoms with E-state index in [0.29, 0.717) is 12.4 Å². The molecular weight excluding hydrogens is 266 g/mol. The van der Waals surface area contributed by atoms with Crippen molar-refractivity contribution in [2.75, 3.05) is 5.32 Å². The lowest BCUT2D eigenvalue weighted by Gasteiger charge is -2.07. The number of hydrogen-bond acceptors (Lipinski definition) is 3. The SMILES string of the molecule is Cc1nc2ccc(CNC(=O)Nc3ccccc3)cc2o1. The summed E-state index contributed by atoms with van der Waals surface area (Å²) in [6, 6.07) is 14.8. The summed E-state index contributed by atoms with van der Waals surface area (Å²) >= 11 is 0. The van der Waals surface area contributed by atoms with Gasteiger partial charge in [0.1, 0.15) is 5.52 Å². The Labute approximate surface area is 122 Å². The van der Waals surface area contributed by atoms with Crippen molar-refractivity contribution in [2.24, 2.45) is 0 Å². The average molecular weight is 281 g/mol. The summed E-state index contributed by atoms with van der Waals surface area (Å²) in [5.41, 5.74) is 3.28. The molecule has 0 aliphatic carbocycles. The van der Waals surface area contributed by atoms with Crippen LogP contribution in [0.25, 0.3) is 11.1 Å². The molecule has 1 aromatic heterocycles. The Kier molecular flexibility index (Phi) is 3.55. The van der Waals surface area contributed by atoms with E-state index in [0.717, 1.165) is 22.4 Å². The second-order valence-electron chi connectivity index (χ2n) is 4.71. The maximum atomic E-state index is 11.8. The molecular formula is C16H15N3O2. The summed E-state index contributed by atoms with van der Waals surface area (Å²) in [7, 11) is 0. The van der Waals surface area contributed by atoms with E-state index < -0.39 is 0 Å². The fourth-order valence-corrected chi connectivity index (χ4v) is 2.07. The molecule has 2 N–H and O–H groups in total. The lowest BCUT2D eigenvalue weighted by Crippen LogP contribution is -2.28. The van der Waals surface area contributed by atoms with E-state index in [9.17, 15) is 4.79 Å². The molecule has 0 saturated carbocycles. The van der Waals surface area contributed by atoms with Crippen LogP contribution in [-0.4, -0.2) is 11.0 Å². The molecule has 0 saturated heterocycles. The Morgan fingerprint density at radius 2 is 2.00 bits per heavy atom. The fraction of sp³-hybridized carbons (Fsp3) is 0.125. The van der Waals surface area contributed by atoms with Crippen LogP contribution in [0.2, 0.25) is 0 Å². The molecule has 1 heterocycles. The van der Waals surface area contributed by atoms with Crippen LogP contribution in [-0.2, 0) is 6.54 Å². The van der Waals surface area contributed by atoms with Crippen LogP contribution in [0.4, 0.5) is 10.5 Å². The normalized spacial score (nSPS) is 10.5. The van der Waals surface area contributed by atoms with Crippen molar-refractivity contribution >= 4 is 22.8 Å². The number of nitrogens with one attached hydrogen (secondary N) is 2. The molecule has 0 aliphatic rings. The number of amides is 2. The van der Waals surface area contributed by atoms with Crippen LogP contribution in [0.1, 0.15) is 11.5 Å². The van der Waals surface area contributed by atoms with Gasteiger partial charge in [-0.05, 0) is 29.8 Å². The summed E-state index contributed by atoms with van der Waals surface area (Å²) in [4.78, 5) is 16.0. The second-order valence-corrected chi connectivity index (χ2v) is 4.71. The van der Waals surface area contributed by atoms with Gasteiger partial charge in [-0.25, -0.2) is 9.78 Å². The predicted octanol–water partition coefficient (Wildman–Crippen LogP) is 3.46. The molecule has 0 atom stereocenters. The predicted molar refractivity (Wildman–Crippen MR) is 81.0 cm³/mol. The molecule has 0 radical (unpaired) electrons. The third kappa shape index (κ3) is 3.20. The fourth-order valence-electron chi connectivity index (χ4n) is 2.07. The summed E-state index contributed by atoms with van der Waals surface area (Å²) in [5.74, 6) is 0.636. The molecule has 5 heteroatoms. The van der Waals surface area contributed by atoms with Gasteiger partial charge in [-0.1, -0.05) is 24.3 Å². The lowest BCUT2D eigenvalue weighted by molar-refractivity contribution is 0.251. The molecule has 21 heavy (non-hydrogen) atoms. The van der Waals surface area contributed by atoms with Gasteiger partial charge in [0.15, 0.2) is 11.5 Å². The maximum Gasteiger partial charge on any atom is 0.319 e. The van der Waals surface area contributed by atoms with E-state index in [-0.39, 0.29) is 6.03 Å². The van der Waals surface area contributed by atoms with E-state index in [2.05, 4.69) is 15.6 Å². The van der Waals surface area contributed by atoms with Gasteiger partial charge >= 0.3 is 6.03 Å². The Balaban J connectivity index is 1.62. The minimum absolute atomic E-state index is 0.241. The maximum absolute atomic E-state index is 11.8. The molecule has 0 spiro atoms. The summed E-state index contributed by atoms with van der Waals surface area (Å²) in [6.07, 6.45) is 0. The van der Waals surface area contributed by atoms with E-state index >= 15 is 0 Å². The second kappa shape index (κ2) is 5.66. The summed E-state index contributed by atoms with van der Waals surface area (Å²) in [5, 5.41) is 5.57. The zero-order valence-electron chi connectivity index (χ0n) is 11.6. The number of aromatic nitrogens is 1. The minimum atomic E-state index is -0.241. The first-order chi connectivity index (χ1) is 10.2. The molecule has 0 unspecified atom stereocenters. The van der Waals surface area contributed by atoms with Crippen molar-refractivity contribution in [3.8, 4) is 0 Å². The minimum Gasteiger partial charge on any atom is -0.441 e. The Morgan fingerprint density at radius 1 is 1.19 bits per heavy atom. The number of anilines is 1. The Bertz CT molecular complexity index is 766. The third-order valence-electron chi connectivity index (χ3n) is 3.04. The van der Waals surface area contributed by atoms with Gasteiger partial charge in [0.25, 0.3) is 0 Å². The Morgan fingerprint density at radius 3 is 2.81 bits per heavy atom. The topological polar surface area (TPSA) is 67.2 Å². The molecule has 0 aliphatic heterocycles. The molecule has 106 valence electrons. The first-order valence-electron chi connectivity index (χ1n) is 6.67. The highest BCUT2D eigenvalue weighted by atomic mass is 16.3. The van der Waals surface area contributed by atoms with Crippen molar-refractivity contribution in [2.45, 2.75) is 13.5 Å². The van der Waals surface area contributed by atoms with Gasteiger partial charge in [-0.15, -0.1) is 0 Å². The number of benzene rings is 2. The number of carbonyl (C=O) groups is 1.